The van der Waals surface area contributed by atoms with Crippen LogP contribution in [0.1, 0.15) is 23.0 Å². The minimum Gasteiger partial charge on any atom is -0.495 e. The van der Waals surface area contributed by atoms with Gasteiger partial charge in [0.05, 0.1) is 20.8 Å². The molecule has 0 bridgehead atoms. The molecular weight excluding hydrogens is 400 g/mol. The highest BCUT2D eigenvalue weighted by molar-refractivity contribution is 7.22. The van der Waals surface area contributed by atoms with E-state index < -0.39 is 0 Å². The molecule has 4 aromatic rings. The molecule has 0 N–H and O–H groups in total. The van der Waals surface area contributed by atoms with E-state index in [1.165, 1.54) is 11.3 Å². The van der Waals surface area contributed by atoms with Crippen LogP contribution in [0.5, 0.6) is 11.5 Å². The number of carbonyl (C=O) groups is 1. The van der Waals surface area contributed by atoms with E-state index in [1.54, 1.807) is 36.1 Å². The van der Waals surface area contributed by atoms with Crippen LogP contribution in [0, 0.1) is 0 Å². The fourth-order valence-electron chi connectivity index (χ4n) is 3.17. The molecule has 2 aromatic heterocycles. The van der Waals surface area contributed by atoms with Crippen molar-refractivity contribution in [1.82, 2.24) is 14.8 Å². The van der Waals surface area contributed by atoms with E-state index in [0.29, 0.717) is 40.9 Å². The number of benzene rings is 2. The van der Waals surface area contributed by atoms with Gasteiger partial charge in [-0.15, -0.1) is 0 Å². The third-order valence-corrected chi connectivity index (χ3v) is 5.84. The second-order valence-electron chi connectivity index (χ2n) is 6.58. The number of thiazole rings is 1. The third kappa shape index (κ3) is 3.73. The number of anilines is 1. The van der Waals surface area contributed by atoms with Gasteiger partial charge in [-0.25, -0.2) is 4.98 Å². The molecule has 0 aliphatic rings. The van der Waals surface area contributed by atoms with Gasteiger partial charge in [0.2, 0.25) is 0 Å². The lowest BCUT2D eigenvalue weighted by molar-refractivity contribution is 0.0979. The number of rotatable bonds is 7. The lowest BCUT2D eigenvalue weighted by atomic mass is 10.2. The highest BCUT2D eigenvalue weighted by Crippen LogP contribution is 2.40. The lowest BCUT2D eigenvalue weighted by Crippen LogP contribution is -2.30. The van der Waals surface area contributed by atoms with Gasteiger partial charge in [0.15, 0.2) is 10.8 Å². The summed E-state index contributed by atoms with van der Waals surface area (Å²) in [5, 5.41) is 4.95. The van der Waals surface area contributed by atoms with Gasteiger partial charge in [-0.05, 0) is 30.7 Å². The van der Waals surface area contributed by atoms with E-state index in [2.05, 4.69) is 5.10 Å². The number of ether oxygens (including phenoxy) is 2. The summed E-state index contributed by atoms with van der Waals surface area (Å²) in [6, 6.07) is 15.2. The fraction of sp³-hybridized carbons (Fsp3) is 0.227. The molecule has 8 heteroatoms. The Hall–Kier alpha value is -3.39. The van der Waals surface area contributed by atoms with E-state index in [-0.39, 0.29) is 5.91 Å². The maximum absolute atomic E-state index is 13.4. The van der Waals surface area contributed by atoms with E-state index in [1.807, 2.05) is 49.4 Å². The van der Waals surface area contributed by atoms with Crippen LogP contribution in [-0.2, 0) is 13.1 Å². The standard InChI is InChI=1S/C22H22N4O3S/c1-4-25-13-12-16(24-25)21(27)26(14-15-8-6-5-7-9-15)22-23-19-17(28-2)10-11-18(29-3)20(19)30-22/h5-13H,4,14H2,1-3H3. The van der Waals surface area contributed by atoms with E-state index in [9.17, 15) is 4.79 Å². The molecule has 2 heterocycles. The average Bonchev–Trinajstić information content (AvgIpc) is 3.44. The Morgan fingerprint density at radius 3 is 2.47 bits per heavy atom. The summed E-state index contributed by atoms with van der Waals surface area (Å²) in [5.41, 5.74) is 2.05. The summed E-state index contributed by atoms with van der Waals surface area (Å²) >= 11 is 1.40. The third-order valence-electron chi connectivity index (χ3n) is 4.74. The number of aromatic nitrogens is 3. The predicted molar refractivity (Wildman–Crippen MR) is 118 cm³/mol. The molecule has 0 aliphatic carbocycles. The van der Waals surface area contributed by atoms with Gasteiger partial charge < -0.3 is 9.47 Å². The van der Waals surface area contributed by atoms with E-state index in [4.69, 9.17) is 14.5 Å². The molecular formula is C22H22N4O3S. The quantitative estimate of drug-likeness (QED) is 0.442. The van der Waals surface area contributed by atoms with Crippen molar-refractivity contribution in [3.63, 3.8) is 0 Å². The zero-order valence-corrected chi connectivity index (χ0v) is 17.8. The molecule has 1 amide bonds. The van der Waals surface area contributed by atoms with Crippen LogP contribution in [0.25, 0.3) is 10.2 Å². The first-order valence-electron chi connectivity index (χ1n) is 9.55. The molecule has 0 fully saturated rings. The highest BCUT2D eigenvalue weighted by Gasteiger charge is 2.25. The highest BCUT2D eigenvalue weighted by atomic mass is 32.1. The van der Waals surface area contributed by atoms with Gasteiger partial charge in [0, 0.05) is 12.7 Å². The number of carbonyl (C=O) groups excluding carboxylic acids is 1. The van der Waals surface area contributed by atoms with Crippen molar-refractivity contribution in [2.24, 2.45) is 0 Å². The van der Waals surface area contributed by atoms with Crippen LogP contribution in [0.4, 0.5) is 5.13 Å². The number of methoxy groups -OCH3 is 2. The van der Waals surface area contributed by atoms with Gasteiger partial charge in [-0.3, -0.25) is 14.4 Å². The Labute approximate surface area is 178 Å². The van der Waals surface area contributed by atoms with Crippen molar-refractivity contribution in [3.05, 3.63) is 66.0 Å². The second-order valence-corrected chi connectivity index (χ2v) is 7.56. The molecule has 0 atom stereocenters. The molecule has 7 nitrogen and oxygen atoms in total. The molecule has 0 aliphatic heterocycles. The van der Waals surface area contributed by atoms with Crippen LogP contribution in [0.3, 0.4) is 0 Å². The fourth-order valence-corrected chi connectivity index (χ4v) is 4.24. The summed E-state index contributed by atoms with van der Waals surface area (Å²) in [5.74, 6) is 1.12. The van der Waals surface area contributed by atoms with E-state index in [0.717, 1.165) is 10.3 Å². The van der Waals surface area contributed by atoms with Gasteiger partial charge >= 0.3 is 0 Å². The smallest absolute Gasteiger partial charge is 0.280 e. The van der Waals surface area contributed by atoms with Crippen molar-refractivity contribution in [2.75, 3.05) is 19.1 Å². The zero-order valence-electron chi connectivity index (χ0n) is 17.0. The second kappa shape index (κ2) is 8.54. The SMILES string of the molecule is CCn1ccc(C(=O)N(Cc2ccccc2)c2nc3c(OC)ccc(OC)c3s2)n1. The number of hydrogen-bond donors (Lipinski definition) is 0. The van der Waals surface area contributed by atoms with Crippen LogP contribution in [0.15, 0.2) is 54.7 Å². The molecule has 0 radical (unpaired) electrons. The van der Waals surface area contributed by atoms with Crippen LogP contribution < -0.4 is 14.4 Å². The Bertz CT molecular complexity index is 1130. The average molecular weight is 423 g/mol. The van der Waals surface area contributed by atoms with E-state index >= 15 is 0 Å². The van der Waals surface area contributed by atoms with Gasteiger partial charge in [0.1, 0.15) is 21.7 Å². The summed E-state index contributed by atoms with van der Waals surface area (Å²) in [4.78, 5) is 19.8. The number of amides is 1. The monoisotopic (exact) mass is 422 g/mol. The summed E-state index contributed by atoms with van der Waals surface area (Å²) < 4.78 is 13.5. The number of nitrogens with zero attached hydrogens (tertiary/aromatic N) is 4. The lowest BCUT2D eigenvalue weighted by Gasteiger charge is -2.19. The van der Waals surface area contributed by atoms with Crippen molar-refractivity contribution < 1.29 is 14.3 Å². The molecule has 4 rings (SSSR count). The number of aryl methyl sites for hydroxylation is 1. The Morgan fingerprint density at radius 2 is 1.80 bits per heavy atom. The van der Waals surface area contributed by atoms with Crippen LogP contribution in [0.2, 0.25) is 0 Å². The zero-order chi connectivity index (χ0) is 21.1. The summed E-state index contributed by atoms with van der Waals surface area (Å²) in [6.07, 6.45) is 1.80. The van der Waals surface area contributed by atoms with Crippen molar-refractivity contribution in [1.29, 1.82) is 0 Å². The minimum absolute atomic E-state index is 0.206. The Kier molecular flexibility index (Phi) is 5.67. The number of fused-ring (bicyclic) bond motifs is 1. The maximum Gasteiger partial charge on any atom is 0.280 e. The molecule has 154 valence electrons. The van der Waals surface area contributed by atoms with Gasteiger partial charge in [0.25, 0.3) is 5.91 Å². The van der Waals surface area contributed by atoms with Crippen molar-refractivity contribution in [3.8, 4) is 11.5 Å². The molecule has 0 saturated heterocycles. The first-order chi connectivity index (χ1) is 14.6. The predicted octanol–water partition coefficient (Wildman–Crippen LogP) is 4.38. The molecule has 2 aromatic carbocycles. The normalized spacial score (nSPS) is 10.9. The topological polar surface area (TPSA) is 69.5 Å². The van der Waals surface area contributed by atoms with Crippen molar-refractivity contribution >= 4 is 32.6 Å². The van der Waals surface area contributed by atoms with Crippen molar-refractivity contribution in [2.45, 2.75) is 20.0 Å². The van der Waals surface area contributed by atoms with Crippen LogP contribution >= 0.6 is 11.3 Å². The maximum atomic E-state index is 13.4. The molecule has 0 unspecified atom stereocenters. The summed E-state index contributed by atoms with van der Waals surface area (Å²) in [6.45, 7) is 3.06. The first kappa shape index (κ1) is 19.9. The largest absolute Gasteiger partial charge is 0.495 e. The Morgan fingerprint density at radius 1 is 1.07 bits per heavy atom. The Balaban J connectivity index is 1.81. The summed E-state index contributed by atoms with van der Waals surface area (Å²) in [7, 11) is 3.22. The van der Waals surface area contributed by atoms with Gasteiger partial charge in [-0.1, -0.05) is 41.7 Å². The molecule has 0 saturated carbocycles. The first-order valence-corrected chi connectivity index (χ1v) is 10.4. The molecule has 30 heavy (non-hydrogen) atoms. The number of hydrogen-bond acceptors (Lipinski definition) is 6. The molecule has 0 spiro atoms. The van der Waals surface area contributed by atoms with Crippen LogP contribution in [-0.4, -0.2) is 34.9 Å². The van der Waals surface area contributed by atoms with Gasteiger partial charge in [-0.2, -0.15) is 5.10 Å². The minimum atomic E-state index is -0.206.